The van der Waals surface area contributed by atoms with Crippen LogP contribution in [0.4, 0.5) is 5.69 Å². The van der Waals surface area contributed by atoms with Crippen LogP contribution in [0.15, 0.2) is 11.0 Å². The fourth-order valence-corrected chi connectivity index (χ4v) is 2.14. The molecule has 0 spiro atoms. The summed E-state index contributed by atoms with van der Waals surface area (Å²) in [4.78, 5) is 12.0. The summed E-state index contributed by atoms with van der Waals surface area (Å²) in [7, 11) is 0. The number of aromatic nitrogens is 2. The van der Waals surface area contributed by atoms with E-state index in [-0.39, 0.29) is 16.6 Å². The van der Waals surface area contributed by atoms with Crippen molar-refractivity contribution in [2.45, 2.75) is 65.5 Å². The third kappa shape index (κ3) is 4.53. The summed E-state index contributed by atoms with van der Waals surface area (Å²) in [6, 6.07) is 0.307. The van der Waals surface area contributed by atoms with Gasteiger partial charge >= 0.3 is 0 Å². The van der Waals surface area contributed by atoms with E-state index in [1.165, 1.54) is 23.9 Å². The monoisotopic (exact) mass is 285 g/mol. The Hall–Kier alpha value is -1.03. The summed E-state index contributed by atoms with van der Waals surface area (Å²) in [5, 5.41) is 7.64. The molecule has 0 bridgehead atoms. The summed E-state index contributed by atoms with van der Waals surface area (Å²) in [6.07, 6.45) is 6.32. The quantitative estimate of drug-likeness (QED) is 0.774. The zero-order chi connectivity index (χ0) is 14.4. The molecule has 0 aliphatic rings. The first-order valence-electron chi connectivity index (χ1n) is 7.01. The van der Waals surface area contributed by atoms with Crippen LogP contribution in [0.3, 0.4) is 0 Å². The zero-order valence-electron chi connectivity index (χ0n) is 12.2. The Kier molecular flexibility index (Phi) is 6.35. The molecule has 0 saturated carbocycles. The van der Waals surface area contributed by atoms with Crippen LogP contribution < -0.4 is 10.9 Å². The number of halogens is 1. The van der Waals surface area contributed by atoms with Crippen molar-refractivity contribution in [2.75, 3.05) is 5.32 Å². The molecule has 1 heterocycles. The molecule has 1 unspecified atom stereocenters. The Morgan fingerprint density at radius 1 is 1.37 bits per heavy atom. The molecule has 0 amide bonds. The summed E-state index contributed by atoms with van der Waals surface area (Å²) in [5.41, 5.74) is 0.398. The van der Waals surface area contributed by atoms with Crippen LogP contribution in [-0.2, 0) is 0 Å². The number of rotatable bonds is 7. The lowest BCUT2D eigenvalue weighted by atomic mass is 10.1. The molecule has 4 nitrogen and oxygen atoms in total. The van der Waals surface area contributed by atoms with Gasteiger partial charge in [0, 0.05) is 6.04 Å². The molecular formula is C14H24ClN3O. The summed E-state index contributed by atoms with van der Waals surface area (Å²) in [5.74, 6) is 0. The molecule has 0 radical (unpaired) electrons. The minimum absolute atomic E-state index is 0.0148. The topological polar surface area (TPSA) is 46.9 Å². The Labute approximate surface area is 120 Å². The summed E-state index contributed by atoms with van der Waals surface area (Å²) >= 11 is 6.11. The maximum Gasteiger partial charge on any atom is 0.287 e. The van der Waals surface area contributed by atoms with E-state index in [1.807, 2.05) is 13.8 Å². The lowest BCUT2D eigenvalue weighted by molar-refractivity contribution is 0.502. The van der Waals surface area contributed by atoms with E-state index in [0.717, 1.165) is 6.42 Å². The van der Waals surface area contributed by atoms with Crippen LogP contribution in [0, 0.1) is 0 Å². The number of hydrogen-bond donors (Lipinski definition) is 1. The van der Waals surface area contributed by atoms with Crippen LogP contribution in [0.5, 0.6) is 0 Å². The van der Waals surface area contributed by atoms with Gasteiger partial charge in [0.25, 0.3) is 5.56 Å². The Balaban J connectivity index is 2.75. The standard InChI is InChI=1S/C14H24ClN3O/c1-5-6-7-8-11(4)17-12-9-16-18(10(2)3)14(19)13(12)15/h9-11,17H,5-8H2,1-4H3. The first-order chi connectivity index (χ1) is 8.97. The van der Waals surface area contributed by atoms with Gasteiger partial charge in [0.15, 0.2) is 0 Å². The van der Waals surface area contributed by atoms with Crippen molar-refractivity contribution < 1.29 is 0 Å². The van der Waals surface area contributed by atoms with Gasteiger partial charge in [-0.2, -0.15) is 5.10 Å². The largest absolute Gasteiger partial charge is 0.380 e. The van der Waals surface area contributed by atoms with Gasteiger partial charge in [-0.05, 0) is 27.2 Å². The Bertz CT molecular complexity index is 456. The van der Waals surface area contributed by atoms with Crippen molar-refractivity contribution in [3.05, 3.63) is 21.6 Å². The lowest BCUT2D eigenvalue weighted by Gasteiger charge is -2.17. The first kappa shape index (κ1) is 16.0. The van der Waals surface area contributed by atoms with E-state index in [4.69, 9.17) is 11.6 Å². The average molecular weight is 286 g/mol. The number of hydrogen-bond acceptors (Lipinski definition) is 3. The van der Waals surface area contributed by atoms with Crippen molar-refractivity contribution in [1.82, 2.24) is 9.78 Å². The molecule has 0 saturated heterocycles. The maximum absolute atomic E-state index is 12.0. The van der Waals surface area contributed by atoms with Crippen LogP contribution in [0.2, 0.25) is 5.02 Å². The Morgan fingerprint density at radius 2 is 2.05 bits per heavy atom. The van der Waals surface area contributed by atoms with Gasteiger partial charge in [-0.1, -0.05) is 37.8 Å². The lowest BCUT2D eigenvalue weighted by Crippen LogP contribution is -2.27. The molecular weight excluding hydrogens is 262 g/mol. The van der Waals surface area contributed by atoms with E-state index in [1.54, 1.807) is 6.20 Å². The van der Waals surface area contributed by atoms with Gasteiger partial charge in [0.1, 0.15) is 5.02 Å². The predicted molar refractivity (Wildman–Crippen MR) is 81.1 cm³/mol. The average Bonchev–Trinajstić information content (AvgIpc) is 2.35. The van der Waals surface area contributed by atoms with Crippen molar-refractivity contribution in [3.8, 4) is 0 Å². The second-order valence-electron chi connectivity index (χ2n) is 5.26. The van der Waals surface area contributed by atoms with Gasteiger partial charge in [-0.15, -0.1) is 0 Å². The predicted octanol–water partition coefficient (Wildman–Crippen LogP) is 3.86. The zero-order valence-corrected chi connectivity index (χ0v) is 13.0. The summed E-state index contributed by atoms with van der Waals surface area (Å²) in [6.45, 7) is 8.10. The smallest absolute Gasteiger partial charge is 0.287 e. The van der Waals surface area contributed by atoms with E-state index in [0.29, 0.717) is 11.7 Å². The van der Waals surface area contributed by atoms with Crippen molar-refractivity contribution in [1.29, 1.82) is 0 Å². The molecule has 1 aromatic heterocycles. The normalized spacial score (nSPS) is 12.7. The highest BCUT2D eigenvalue weighted by molar-refractivity contribution is 6.32. The van der Waals surface area contributed by atoms with Gasteiger partial charge < -0.3 is 5.32 Å². The molecule has 1 atom stereocenters. The van der Waals surface area contributed by atoms with E-state index in [2.05, 4.69) is 24.3 Å². The number of nitrogens with one attached hydrogen (secondary N) is 1. The van der Waals surface area contributed by atoms with Crippen molar-refractivity contribution >= 4 is 17.3 Å². The van der Waals surface area contributed by atoms with Gasteiger partial charge in [-0.25, -0.2) is 4.68 Å². The van der Waals surface area contributed by atoms with Crippen LogP contribution >= 0.6 is 11.6 Å². The molecule has 0 aromatic carbocycles. The second kappa shape index (κ2) is 7.53. The minimum atomic E-state index is -0.234. The molecule has 1 rings (SSSR count). The SMILES string of the molecule is CCCCCC(C)Nc1cnn(C(C)C)c(=O)c1Cl. The molecule has 19 heavy (non-hydrogen) atoms. The van der Waals surface area contributed by atoms with Crippen LogP contribution in [-0.4, -0.2) is 15.8 Å². The van der Waals surface area contributed by atoms with Crippen molar-refractivity contribution in [2.24, 2.45) is 0 Å². The number of unbranched alkanes of at least 4 members (excludes halogenated alkanes) is 2. The third-order valence-electron chi connectivity index (χ3n) is 3.08. The molecule has 5 heteroatoms. The van der Waals surface area contributed by atoms with Crippen LogP contribution in [0.1, 0.15) is 59.4 Å². The molecule has 1 aromatic rings. The van der Waals surface area contributed by atoms with Gasteiger partial charge in [0.05, 0.1) is 17.9 Å². The first-order valence-corrected chi connectivity index (χ1v) is 7.39. The molecule has 108 valence electrons. The Morgan fingerprint density at radius 3 is 2.63 bits per heavy atom. The third-order valence-corrected chi connectivity index (χ3v) is 3.44. The molecule has 1 N–H and O–H groups in total. The maximum atomic E-state index is 12.0. The molecule has 0 aliphatic carbocycles. The van der Waals surface area contributed by atoms with E-state index < -0.39 is 0 Å². The fourth-order valence-electron chi connectivity index (χ4n) is 1.95. The molecule has 0 fully saturated rings. The van der Waals surface area contributed by atoms with E-state index in [9.17, 15) is 4.79 Å². The minimum Gasteiger partial charge on any atom is -0.380 e. The number of nitrogens with zero attached hydrogens (tertiary/aromatic N) is 2. The van der Waals surface area contributed by atoms with Gasteiger partial charge in [-0.3, -0.25) is 4.79 Å². The number of anilines is 1. The fraction of sp³-hybridized carbons (Fsp3) is 0.714. The molecule has 0 aliphatic heterocycles. The second-order valence-corrected chi connectivity index (χ2v) is 5.63. The van der Waals surface area contributed by atoms with E-state index >= 15 is 0 Å². The summed E-state index contributed by atoms with van der Waals surface area (Å²) < 4.78 is 1.40. The highest BCUT2D eigenvalue weighted by Crippen LogP contribution is 2.18. The van der Waals surface area contributed by atoms with Gasteiger partial charge in [0.2, 0.25) is 0 Å². The highest BCUT2D eigenvalue weighted by atomic mass is 35.5. The van der Waals surface area contributed by atoms with Crippen LogP contribution in [0.25, 0.3) is 0 Å². The van der Waals surface area contributed by atoms with Crippen molar-refractivity contribution in [3.63, 3.8) is 0 Å². The highest BCUT2D eigenvalue weighted by Gasteiger charge is 2.12.